The SMILES string of the molecule is COC1CCN(C)CCCN(C)CCCN(C)CCC[N-]1.[Cl-].[Cl-].[Cl-].[Ti+4]. The number of rotatable bonds is 1. The quantitative estimate of drug-likeness (QED) is 0.370. The summed E-state index contributed by atoms with van der Waals surface area (Å²) in [5.41, 5.74) is 0. The molecule has 0 radical (unpaired) electrons. The summed E-state index contributed by atoms with van der Waals surface area (Å²) >= 11 is 0. The molecule has 1 heterocycles. The predicted octanol–water partition coefficient (Wildman–Crippen LogP) is -7.29. The zero-order chi connectivity index (χ0) is 15.5. The monoisotopic (exact) mass is 452 g/mol. The van der Waals surface area contributed by atoms with Crippen molar-refractivity contribution >= 4 is 0 Å². The molecule has 25 heavy (non-hydrogen) atoms. The number of methoxy groups -OCH3 is 1. The molecule has 1 saturated heterocycles. The van der Waals surface area contributed by atoms with Crippen molar-refractivity contribution in [1.29, 1.82) is 0 Å². The molecule has 0 saturated carbocycles. The van der Waals surface area contributed by atoms with Crippen LogP contribution in [0.2, 0.25) is 0 Å². The molecule has 0 aromatic carbocycles. The van der Waals surface area contributed by atoms with E-state index in [2.05, 4.69) is 41.2 Å². The van der Waals surface area contributed by atoms with E-state index in [1.807, 2.05) is 0 Å². The van der Waals surface area contributed by atoms with Gasteiger partial charge in [0.2, 0.25) is 0 Å². The Morgan fingerprint density at radius 1 is 0.720 bits per heavy atom. The van der Waals surface area contributed by atoms with Gasteiger partial charge in [-0.2, -0.15) is 0 Å². The minimum absolute atomic E-state index is 0. The van der Waals surface area contributed by atoms with Crippen molar-refractivity contribution in [2.45, 2.75) is 31.9 Å². The maximum absolute atomic E-state index is 5.47. The Morgan fingerprint density at radius 3 is 1.56 bits per heavy atom. The van der Waals surface area contributed by atoms with Crippen LogP contribution >= 0.6 is 0 Å². The largest absolute Gasteiger partial charge is 4.00 e. The van der Waals surface area contributed by atoms with E-state index in [9.17, 15) is 0 Å². The number of hydrogen-bond acceptors (Lipinski definition) is 4. The topological polar surface area (TPSA) is 33.1 Å². The molecule has 9 heteroatoms. The molecule has 0 aromatic rings. The van der Waals surface area contributed by atoms with Gasteiger partial charge in [0, 0.05) is 7.11 Å². The Bertz CT molecular complexity index is 272. The third kappa shape index (κ3) is 18.5. The second-order valence-electron chi connectivity index (χ2n) is 6.36. The molecule has 0 aromatic heterocycles. The summed E-state index contributed by atoms with van der Waals surface area (Å²) in [5, 5.41) is 4.67. The van der Waals surface area contributed by atoms with Crippen LogP contribution in [0.1, 0.15) is 25.7 Å². The van der Waals surface area contributed by atoms with E-state index in [1.54, 1.807) is 7.11 Å². The fourth-order valence-electron chi connectivity index (χ4n) is 2.75. The van der Waals surface area contributed by atoms with Gasteiger partial charge in [0.1, 0.15) is 0 Å². The van der Waals surface area contributed by atoms with Crippen LogP contribution in [-0.4, -0.2) is 95.0 Å². The van der Waals surface area contributed by atoms with Crippen molar-refractivity contribution in [1.82, 2.24) is 14.7 Å². The van der Waals surface area contributed by atoms with Gasteiger partial charge in [-0.25, -0.2) is 0 Å². The Morgan fingerprint density at radius 2 is 1.12 bits per heavy atom. The van der Waals surface area contributed by atoms with Crippen LogP contribution in [-0.2, 0) is 26.5 Å². The van der Waals surface area contributed by atoms with E-state index >= 15 is 0 Å². The zero-order valence-corrected chi connectivity index (χ0v) is 20.0. The number of hydrogen-bond donors (Lipinski definition) is 0. The third-order valence-corrected chi connectivity index (χ3v) is 4.22. The number of ether oxygens (including phenoxy) is 1. The fourth-order valence-corrected chi connectivity index (χ4v) is 2.75. The van der Waals surface area contributed by atoms with Crippen molar-refractivity contribution in [3.8, 4) is 0 Å². The van der Waals surface area contributed by atoms with E-state index in [-0.39, 0.29) is 65.2 Å². The number of halogens is 3. The van der Waals surface area contributed by atoms with Gasteiger partial charge in [0.05, 0.1) is 0 Å². The van der Waals surface area contributed by atoms with Crippen LogP contribution in [0.3, 0.4) is 0 Å². The normalized spacial score (nSPS) is 23.3. The minimum Gasteiger partial charge on any atom is -1.00 e. The van der Waals surface area contributed by atoms with E-state index in [4.69, 9.17) is 4.74 Å². The average molecular weight is 454 g/mol. The van der Waals surface area contributed by atoms with Crippen molar-refractivity contribution < 1.29 is 63.7 Å². The van der Waals surface area contributed by atoms with Crippen LogP contribution in [0.5, 0.6) is 0 Å². The van der Waals surface area contributed by atoms with Crippen molar-refractivity contribution in [3.05, 3.63) is 5.32 Å². The van der Waals surface area contributed by atoms with Gasteiger partial charge in [-0.1, -0.05) is 6.42 Å². The van der Waals surface area contributed by atoms with E-state index < -0.39 is 0 Å². The van der Waals surface area contributed by atoms with Gasteiger partial charge in [0.15, 0.2) is 0 Å². The maximum Gasteiger partial charge on any atom is 4.00 e. The molecule has 1 aliphatic heterocycles. The number of nitrogens with zero attached hydrogens (tertiary/aromatic N) is 4. The van der Waals surface area contributed by atoms with Crippen LogP contribution in [0.4, 0.5) is 0 Å². The molecule has 1 fully saturated rings. The third-order valence-electron chi connectivity index (χ3n) is 4.22. The molecule has 0 bridgehead atoms. The summed E-state index contributed by atoms with van der Waals surface area (Å²) in [6, 6.07) is 0. The molecular formula is C16H35Cl3N4OTi. The van der Waals surface area contributed by atoms with Gasteiger partial charge in [-0.05, 0) is 85.9 Å². The molecule has 1 unspecified atom stereocenters. The first-order valence-electron chi connectivity index (χ1n) is 8.37. The first kappa shape index (κ1) is 33.9. The minimum atomic E-state index is 0. The summed E-state index contributed by atoms with van der Waals surface area (Å²) in [6.45, 7) is 7.82. The molecule has 150 valence electrons. The second kappa shape index (κ2) is 21.7. The van der Waals surface area contributed by atoms with Gasteiger partial charge >= 0.3 is 21.7 Å². The van der Waals surface area contributed by atoms with Gasteiger partial charge in [-0.3, -0.25) is 0 Å². The summed E-state index contributed by atoms with van der Waals surface area (Å²) in [5.74, 6) is 0. The smallest absolute Gasteiger partial charge is 1.00 e. The van der Waals surface area contributed by atoms with Gasteiger partial charge in [0.25, 0.3) is 0 Å². The molecule has 0 aliphatic carbocycles. The van der Waals surface area contributed by atoms with Crippen LogP contribution in [0.25, 0.3) is 5.32 Å². The Labute approximate surface area is 189 Å². The van der Waals surface area contributed by atoms with E-state index in [1.165, 1.54) is 32.5 Å². The molecule has 0 amide bonds. The fraction of sp³-hybridized carbons (Fsp3) is 1.00. The maximum atomic E-state index is 5.47. The molecule has 0 spiro atoms. The van der Waals surface area contributed by atoms with Gasteiger partial charge in [-0.15, -0.1) is 6.54 Å². The molecule has 1 atom stereocenters. The first-order chi connectivity index (χ1) is 10.1. The van der Waals surface area contributed by atoms with E-state index in [0.717, 1.165) is 39.0 Å². The molecule has 1 aliphatic rings. The van der Waals surface area contributed by atoms with Crippen molar-refractivity contribution in [3.63, 3.8) is 0 Å². The second-order valence-corrected chi connectivity index (χ2v) is 6.36. The summed E-state index contributed by atoms with van der Waals surface area (Å²) in [7, 11) is 8.42. The predicted molar refractivity (Wildman–Crippen MR) is 90.0 cm³/mol. The summed E-state index contributed by atoms with van der Waals surface area (Å²) in [6.07, 6.45) is 4.67. The Hall–Kier alpha value is 1.38. The molecule has 0 N–H and O–H groups in total. The summed E-state index contributed by atoms with van der Waals surface area (Å²) < 4.78 is 5.47. The first-order valence-corrected chi connectivity index (χ1v) is 8.37. The van der Waals surface area contributed by atoms with Crippen molar-refractivity contribution in [2.75, 3.05) is 74.1 Å². The molecule has 1 rings (SSSR count). The standard InChI is InChI=1S/C16H35N4O.3ClH.Ti/c1-18-10-5-9-17-16(21-4)8-15-20(3)14-7-13-19(2)12-6-11-18;;;;/h16H,5-15H2,1-4H3;3*1H;/q-1;;;;+4/p-3. The van der Waals surface area contributed by atoms with Crippen LogP contribution in [0.15, 0.2) is 0 Å². The Balaban J connectivity index is -0.000000551. The van der Waals surface area contributed by atoms with Gasteiger partial charge < -0.3 is 62.0 Å². The van der Waals surface area contributed by atoms with Crippen LogP contribution < -0.4 is 37.2 Å². The average Bonchev–Trinajstić information content (AvgIpc) is 2.45. The molecule has 5 nitrogen and oxygen atoms in total. The van der Waals surface area contributed by atoms with Crippen LogP contribution in [0, 0.1) is 0 Å². The Kier molecular flexibility index (Phi) is 29.4. The van der Waals surface area contributed by atoms with E-state index in [0.29, 0.717) is 0 Å². The summed E-state index contributed by atoms with van der Waals surface area (Å²) in [4.78, 5) is 7.28. The zero-order valence-electron chi connectivity index (χ0n) is 16.2. The van der Waals surface area contributed by atoms with Crippen molar-refractivity contribution in [2.24, 2.45) is 0 Å². The molecular weight excluding hydrogens is 418 g/mol.